The molecule has 2 fully saturated rings. The average molecular weight is 198 g/mol. The Kier molecular flexibility index (Phi) is 3.42. The van der Waals surface area contributed by atoms with Gasteiger partial charge in [0.15, 0.2) is 0 Å². The van der Waals surface area contributed by atoms with Crippen LogP contribution in [-0.4, -0.2) is 43.3 Å². The van der Waals surface area contributed by atoms with Crippen molar-refractivity contribution in [2.75, 3.05) is 32.8 Å². The van der Waals surface area contributed by atoms with Crippen molar-refractivity contribution in [3.63, 3.8) is 0 Å². The lowest BCUT2D eigenvalue weighted by Crippen LogP contribution is -2.52. The second-order valence-electron chi connectivity index (χ2n) is 4.59. The van der Waals surface area contributed by atoms with E-state index in [9.17, 15) is 0 Å². The van der Waals surface area contributed by atoms with Gasteiger partial charge in [-0.25, -0.2) is 0 Å². The summed E-state index contributed by atoms with van der Waals surface area (Å²) in [7, 11) is 0. The lowest BCUT2D eigenvalue weighted by Gasteiger charge is -2.39. The Labute approximate surface area is 86.6 Å². The highest BCUT2D eigenvalue weighted by molar-refractivity contribution is 4.96. The van der Waals surface area contributed by atoms with Gasteiger partial charge in [-0.05, 0) is 19.3 Å². The van der Waals surface area contributed by atoms with E-state index in [0.717, 1.165) is 26.3 Å². The highest BCUT2D eigenvalue weighted by Gasteiger charge is 2.38. The van der Waals surface area contributed by atoms with Crippen molar-refractivity contribution in [2.45, 2.75) is 37.6 Å². The molecule has 0 amide bonds. The summed E-state index contributed by atoms with van der Waals surface area (Å²) in [6, 6.07) is 0. The van der Waals surface area contributed by atoms with Gasteiger partial charge < -0.3 is 10.5 Å². The van der Waals surface area contributed by atoms with Crippen LogP contribution in [0.3, 0.4) is 0 Å². The summed E-state index contributed by atoms with van der Waals surface area (Å²) >= 11 is 0. The molecule has 0 aromatic rings. The van der Waals surface area contributed by atoms with Crippen LogP contribution in [0.25, 0.3) is 0 Å². The van der Waals surface area contributed by atoms with Crippen LogP contribution in [0.1, 0.15) is 32.1 Å². The molecule has 0 radical (unpaired) electrons. The molecular formula is C11H22N2O. The van der Waals surface area contributed by atoms with Crippen molar-refractivity contribution in [3.8, 4) is 0 Å². The Morgan fingerprint density at radius 2 is 1.86 bits per heavy atom. The second kappa shape index (κ2) is 4.60. The SMILES string of the molecule is NCC1(N2CCCOCC2)CCCC1. The molecule has 0 unspecified atom stereocenters. The van der Waals surface area contributed by atoms with Crippen molar-refractivity contribution in [3.05, 3.63) is 0 Å². The van der Waals surface area contributed by atoms with E-state index in [4.69, 9.17) is 10.5 Å². The molecule has 0 aromatic carbocycles. The van der Waals surface area contributed by atoms with E-state index in [1.54, 1.807) is 0 Å². The van der Waals surface area contributed by atoms with Gasteiger partial charge in [0, 0.05) is 31.8 Å². The van der Waals surface area contributed by atoms with Gasteiger partial charge in [0.1, 0.15) is 0 Å². The van der Waals surface area contributed by atoms with Crippen LogP contribution in [0.2, 0.25) is 0 Å². The number of rotatable bonds is 2. The van der Waals surface area contributed by atoms with Crippen LogP contribution in [0.5, 0.6) is 0 Å². The summed E-state index contributed by atoms with van der Waals surface area (Å²) in [6.07, 6.45) is 6.47. The molecule has 1 saturated carbocycles. The van der Waals surface area contributed by atoms with Crippen LogP contribution in [0.15, 0.2) is 0 Å². The second-order valence-corrected chi connectivity index (χ2v) is 4.59. The topological polar surface area (TPSA) is 38.5 Å². The van der Waals surface area contributed by atoms with Gasteiger partial charge in [-0.2, -0.15) is 0 Å². The van der Waals surface area contributed by atoms with Crippen molar-refractivity contribution < 1.29 is 4.74 Å². The largest absolute Gasteiger partial charge is 0.380 e. The first-order valence-electron chi connectivity index (χ1n) is 5.90. The molecule has 3 nitrogen and oxygen atoms in total. The van der Waals surface area contributed by atoms with Crippen molar-refractivity contribution in [2.24, 2.45) is 5.73 Å². The lowest BCUT2D eigenvalue weighted by atomic mass is 9.95. The smallest absolute Gasteiger partial charge is 0.0593 e. The molecule has 0 atom stereocenters. The molecule has 2 aliphatic rings. The van der Waals surface area contributed by atoms with Crippen molar-refractivity contribution >= 4 is 0 Å². The highest BCUT2D eigenvalue weighted by Crippen LogP contribution is 2.34. The maximum absolute atomic E-state index is 5.97. The van der Waals surface area contributed by atoms with Crippen molar-refractivity contribution in [1.82, 2.24) is 4.90 Å². The summed E-state index contributed by atoms with van der Waals surface area (Å²) in [5.41, 5.74) is 6.30. The summed E-state index contributed by atoms with van der Waals surface area (Å²) in [6.45, 7) is 4.90. The van der Waals surface area contributed by atoms with Crippen LogP contribution < -0.4 is 5.73 Å². The highest BCUT2D eigenvalue weighted by atomic mass is 16.5. The predicted octanol–water partition coefficient (Wildman–Crippen LogP) is 0.980. The maximum Gasteiger partial charge on any atom is 0.0593 e. The number of hydrogen-bond donors (Lipinski definition) is 1. The first kappa shape index (κ1) is 10.4. The third kappa shape index (κ3) is 1.95. The Hall–Kier alpha value is -0.120. The van der Waals surface area contributed by atoms with Gasteiger partial charge in [-0.3, -0.25) is 4.90 Å². The molecule has 0 bridgehead atoms. The van der Waals surface area contributed by atoms with E-state index in [1.165, 1.54) is 38.6 Å². The molecule has 1 saturated heterocycles. The molecule has 3 heteroatoms. The monoisotopic (exact) mass is 198 g/mol. The Morgan fingerprint density at radius 3 is 2.57 bits per heavy atom. The van der Waals surface area contributed by atoms with E-state index in [0.29, 0.717) is 5.54 Å². The Balaban J connectivity index is 2.01. The van der Waals surface area contributed by atoms with Gasteiger partial charge in [0.2, 0.25) is 0 Å². The Morgan fingerprint density at radius 1 is 1.07 bits per heavy atom. The molecule has 2 rings (SSSR count). The zero-order valence-electron chi connectivity index (χ0n) is 9.00. The van der Waals surface area contributed by atoms with E-state index in [-0.39, 0.29) is 0 Å². The quantitative estimate of drug-likeness (QED) is 0.719. The van der Waals surface area contributed by atoms with Gasteiger partial charge in [0.25, 0.3) is 0 Å². The van der Waals surface area contributed by atoms with Crippen LogP contribution >= 0.6 is 0 Å². The summed E-state index contributed by atoms with van der Waals surface area (Å²) in [5.74, 6) is 0. The molecule has 0 spiro atoms. The fourth-order valence-electron chi connectivity index (χ4n) is 2.90. The molecule has 1 aliphatic carbocycles. The van der Waals surface area contributed by atoms with E-state index in [1.807, 2.05) is 0 Å². The summed E-state index contributed by atoms with van der Waals surface area (Å²) in [5, 5.41) is 0. The number of nitrogens with two attached hydrogens (primary N) is 1. The van der Waals surface area contributed by atoms with Crippen LogP contribution in [0, 0.1) is 0 Å². The fourth-order valence-corrected chi connectivity index (χ4v) is 2.90. The minimum Gasteiger partial charge on any atom is -0.380 e. The van der Waals surface area contributed by atoms with Gasteiger partial charge in [-0.1, -0.05) is 12.8 Å². The molecule has 2 N–H and O–H groups in total. The molecule has 82 valence electrons. The minimum absolute atomic E-state index is 0.327. The maximum atomic E-state index is 5.97. The predicted molar refractivity (Wildman–Crippen MR) is 57.3 cm³/mol. The number of ether oxygens (including phenoxy) is 1. The number of hydrogen-bond acceptors (Lipinski definition) is 3. The molecular weight excluding hydrogens is 176 g/mol. The fraction of sp³-hybridized carbons (Fsp3) is 1.00. The van der Waals surface area contributed by atoms with Crippen LogP contribution in [0.4, 0.5) is 0 Å². The van der Waals surface area contributed by atoms with E-state index in [2.05, 4.69) is 4.90 Å². The normalized spacial score (nSPS) is 28.9. The first-order chi connectivity index (χ1) is 6.87. The van der Waals surface area contributed by atoms with E-state index >= 15 is 0 Å². The van der Waals surface area contributed by atoms with Crippen molar-refractivity contribution in [1.29, 1.82) is 0 Å². The molecule has 0 aromatic heterocycles. The standard InChI is InChI=1S/C11H22N2O/c12-10-11(4-1-2-5-11)13-6-3-8-14-9-7-13/h1-10,12H2. The molecule has 14 heavy (non-hydrogen) atoms. The zero-order chi connectivity index (χ0) is 9.86. The van der Waals surface area contributed by atoms with Gasteiger partial charge in [-0.15, -0.1) is 0 Å². The van der Waals surface area contributed by atoms with Gasteiger partial charge >= 0.3 is 0 Å². The molecule has 1 heterocycles. The first-order valence-corrected chi connectivity index (χ1v) is 5.90. The number of nitrogens with zero attached hydrogens (tertiary/aromatic N) is 1. The van der Waals surface area contributed by atoms with E-state index < -0.39 is 0 Å². The van der Waals surface area contributed by atoms with Crippen LogP contribution in [-0.2, 0) is 4.74 Å². The Bertz CT molecular complexity index is 170. The third-order valence-electron chi connectivity index (χ3n) is 3.81. The lowest BCUT2D eigenvalue weighted by molar-refractivity contribution is 0.0862. The zero-order valence-corrected chi connectivity index (χ0v) is 9.00. The third-order valence-corrected chi connectivity index (χ3v) is 3.81. The summed E-state index contributed by atoms with van der Waals surface area (Å²) in [4.78, 5) is 2.59. The van der Waals surface area contributed by atoms with Gasteiger partial charge in [0.05, 0.1) is 6.61 Å². The molecule has 1 aliphatic heterocycles. The minimum atomic E-state index is 0.327. The average Bonchev–Trinajstić information content (AvgIpc) is 2.54. The summed E-state index contributed by atoms with van der Waals surface area (Å²) < 4.78 is 5.49.